The van der Waals surface area contributed by atoms with Crippen molar-refractivity contribution >= 4 is 39.5 Å². The lowest BCUT2D eigenvalue weighted by Crippen LogP contribution is -2.30. The third-order valence-corrected chi connectivity index (χ3v) is 20.3. The van der Waals surface area contributed by atoms with E-state index in [1.807, 2.05) is 0 Å². The summed E-state index contributed by atoms with van der Waals surface area (Å²) in [5.74, 6) is 0.0980. The number of unbranched alkanes of at least 4 members (excludes halogenated alkanes) is 45. The fourth-order valence-corrected chi connectivity index (χ4v) is 13.7. The summed E-state index contributed by atoms with van der Waals surface area (Å²) < 4.78 is 68.6. The maximum atomic E-state index is 13.1. The molecular weight excluding hydrogens is 1280 g/mol. The van der Waals surface area contributed by atoms with Crippen molar-refractivity contribution in [2.45, 2.75) is 426 Å². The highest BCUT2D eigenvalue weighted by molar-refractivity contribution is 7.47. The van der Waals surface area contributed by atoms with E-state index < -0.39 is 97.5 Å². The van der Waals surface area contributed by atoms with Gasteiger partial charge >= 0.3 is 39.5 Å². The predicted molar refractivity (Wildman–Crippen MR) is 400 cm³/mol. The summed E-state index contributed by atoms with van der Waals surface area (Å²) in [4.78, 5) is 72.9. The van der Waals surface area contributed by atoms with Gasteiger partial charge in [0, 0.05) is 25.7 Å². The van der Waals surface area contributed by atoms with Crippen LogP contribution in [0.2, 0.25) is 0 Å². The number of ether oxygens (including phenoxy) is 4. The van der Waals surface area contributed by atoms with Gasteiger partial charge in [0.15, 0.2) is 12.2 Å². The first-order valence-electron chi connectivity index (χ1n) is 40.8. The van der Waals surface area contributed by atoms with Crippen molar-refractivity contribution in [2.75, 3.05) is 39.6 Å². The van der Waals surface area contributed by atoms with Crippen LogP contribution in [-0.2, 0) is 65.4 Å². The Morgan fingerprint density at radius 1 is 0.276 bits per heavy atom. The minimum Gasteiger partial charge on any atom is -0.462 e. The van der Waals surface area contributed by atoms with Crippen molar-refractivity contribution in [2.24, 2.45) is 17.8 Å². The number of phosphoric acid groups is 2. The number of phosphoric ester groups is 2. The number of hydrogen-bond acceptors (Lipinski definition) is 15. The first-order chi connectivity index (χ1) is 47.2. The summed E-state index contributed by atoms with van der Waals surface area (Å²) >= 11 is 0. The highest BCUT2D eigenvalue weighted by atomic mass is 31.2. The first-order valence-corrected chi connectivity index (χ1v) is 43.8. The lowest BCUT2D eigenvalue weighted by Gasteiger charge is -2.21. The van der Waals surface area contributed by atoms with E-state index in [0.717, 1.165) is 108 Å². The van der Waals surface area contributed by atoms with Crippen LogP contribution in [0.15, 0.2) is 0 Å². The summed E-state index contributed by atoms with van der Waals surface area (Å²) in [6.45, 7) is 11.8. The van der Waals surface area contributed by atoms with Crippen LogP contribution in [0, 0.1) is 17.8 Å². The molecule has 0 radical (unpaired) electrons. The van der Waals surface area contributed by atoms with Gasteiger partial charge in [-0.3, -0.25) is 37.3 Å². The molecule has 0 rings (SSSR count). The zero-order valence-corrected chi connectivity index (χ0v) is 66.0. The molecule has 0 amide bonds. The Hall–Kier alpha value is -1.94. The molecule has 0 saturated carbocycles. The van der Waals surface area contributed by atoms with Crippen LogP contribution in [-0.4, -0.2) is 96.7 Å². The number of esters is 4. The first kappa shape index (κ1) is 96.1. The Kier molecular flexibility index (Phi) is 68.1. The summed E-state index contributed by atoms with van der Waals surface area (Å²) in [5, 5.41) is 10.6. The van der Waals surface area contributed by atoms with E-state index in [2.05, 4.69) is 48.5 Å². The van der Waals surface area contributed by atoms with Crippen LogP contribution in [0.1, 0.15) is 408 Å². The Balaban J connectivity index is 5.19. The van der Waals surface area contributed by atoms with E-state index in [1.165, 1.54) is 212 Å². The van der Waals surface area contributed by atoms with E-state index in [0.29, 0.717) is 31.6 Å². The normalized spacial score (nSPS) is 14.0. The van der Waals surface area contributed by atoms with Crippen LogP contribution >= 0.6 is 15.6 Å². The van der Waals surface area contributed by atoms with Crippen molar-refractivity contribution in [1.29, 1.82) is 0 Å². The smallest absolute Gasteiger partial charge is 0.462 e. The summed E-state index contributed by atoms with van der Waals surface area (Å²) in [6.07, 6.45) is 57.2. The molecule has 0 aliphatic carbocycles. The van der Waals surface area contributed by atoms with Crippen molar-refractivity contribution in [3.63, 3.8) is 0 Å². The molecule has 5 atom stereocenters. The molecule has 17 nitrogen and oxygen atoms in total. The van der Waals surface area contributed by atoms with Gasteiger partial charge in [-0.25, -0.2) is 9.13 Å². The summed E-state index contributed by atoms with van der Waals surface area (Å²) in [7, 11) is -9.92. The van der Waals surface area contributed by atoms with Crippen LogP contribution in [0.4, 0.5) is 0 Å². The van der Waals surface area contributed by atoms with E-state index in [9.17, 15) is 43.2 Å². The standard InChI is InChI=1S/C79H154O17P2/c1-8-9-10-11-12-13-14-15-16-17-18-19-20-21-22-23-24-25-33-40-48-55-62-78(83)95-74(66-89-76(81)60-53-46-39-32-28-26-30-36-43-50-57-70(2)3)68-93-97(85,86)91-64-73(80)65-92-98(87,88)94-69-75(67-90-77(82)61-54-47-42-35-38-45-52-59-72(6)7)96-79(84)63-56-49-41-34-29-27-31-37-44-51-58-71(4)5/h70-75,80H,8-69H2,1-7H3,(H,85,86)(H,87,88)/t73-,74-,75-/m1/s1. The average molecular weight is 1440 g/mol. The molecule has 0 aromatic heterocycles. The van der Waals surface area contributed by atoms with Gasteiger partial charge < -0.3 is 33.8 Å². The van der Waals surface area contributed by atoms with E-state index >= 15 is 0 Å². The molecule has 2 unspecified atom stereocenters. The molecule has 582 valence electrons. The zero-order valence-electron chi connectivity index (χ0n) is 64.3. The lowest BCUT2D eigenvalue weighted by atomic mass is 10.0. The molecule has 0 fully saturated rings. The number of rotatable bonds is 77. The monoisotopic (exact) mass is 1440 g/mol. The van der Waals surface area contributed by atoms with Crippen LogP contribution in [0.5, 0.6) is 0 Å². The minimum atomic E-state index is -4.96. The molecule has 0 aliphatic rings. The van der Waals surface area contributed by atoms with Crippen LogP contribution < -0.4 is 0 Å². The second-order valence-electron chi connectivity index (χ2n) is 29.9. The highest BCUT2D eigenvalue weighted by Crippen LogP contribution is 2.45. The maximum Gasteiger partial charge on any atom is 0.472 e. The third kappa shape index (κ3) is 72.4. The summed E-state index contributed by atoms with van der Waals surface area (Å²) in [6, 6.07) is 0. The van der Waals surface area contributed by atoms with Crippen molar-refractivity contribution in [3.8, 4) is 0 Å². The molecule has 0 heterocycles. The number of carbonyl (C=O) groups is 4. The van der Waals surface area contributed by atoms with Crippen LogP contribution in [0.3, 0.4) is 0 Å². The molecule has 0 aromatic rings. The second-order valence-corrected chi connectivity index (χ2v) is 32.8. The van der Waals surface area contributed by atoms with Gasteiger partial charge in [0.05, 0.1) is 26.4 Å². The van der Waals surface area contributed by atoms with Crippen molar-refractivity contribution in [1.82, 2.24) is 0 Å². The second kappa shape index (κ2) is 69.4. The SMILES string of the molecule is CCCCCCCCCCCCCCCCCCCCCCCCC(=O)O[C@H](COC(=O)CCCCCCCCCCCCC(C)C)COP(=O)(O)OC[C@@H](O)COP(=O)(O)OC[C@@H](COC(=O)CCCCCCCCCC(C)C)OC(=O)CCCCCCCCCCCCC(C)C. The number of aliphatic hydroxyl groups excluding tert-OH is 1. The van der Waals surface area contributed by atoms with E-state index in [4.69, 9.17) is 37.0 Å². The lowest BCUT2D eigenvalue weighted by molar-refractivity contribution is -0.161. The number of aliphatic hydroxyl groups is 1. The fraction of sp³-hybridized carbons (Fsp3) is 0.949. The van der Waals surface area contributed by atoms with Gasteiger partial charge in [-0.05, 0) is 43.4 Å². The number of carbonyl (C=O) groups excluding carboxylic acids is 4. The Morgan fingerprint density at radius 2 is 0.469 bits per heavy atom. The minimum absolute atomic E-state index is 0.105. The summed E-state index contributed by atoms with van der Waals surface area (Å²) in [5.41, 5.74) is 0. The molecule has 19 heteroatoms. The van der Waals surface area contributed by atoms with Gasteiger partial charge in [-0.15, -0.1) is 0 Å². The topological polar surface area (TPSA) is 237 Å². The molecule has 0 spiro atoms. The highest BCUT2D eigenvalue weighted by Gasteiger charge is 2.30. The zero-order chi connectivity index (χ0) is 72.3. The van der Waals surface area contributed by atoms with Gasteiger partial charge in [0.2, 0.25) is 0 Å². The van der Waals surface area contributed by atoms with E-state index in [1.54, 1.807) is 0 Å². The fourth-order valence-electron chi connectivity index (χ4n) is 12.1. The molecule has 98 heavy (non-hydrogen) atoms. The van der Waals surface area contributed by atoms with Crippen molar-refractivity contribution < 1.29 is 80.2 Å². The van der Waals surface area contributed by atoms with Gasteiger partial charge in [0.1, 0.15) is 19.3 Å². The maximum absolute atomic E-state index is 13.1. The molecule has 3 N–H and O–H groups in total. The quantitative estimate of drug-likeness (QED) is 0.0222. The molecule has 0 aromatic carbocycles. The molecule has 0 saturated heterocycles. The third-order valence-electron chi connectivity index (χ3n) is 18.4. The largest absolute Gasteiger partial charge is 0.472 e. The van der Waals surface area contributed by atoms with Crippen LogP contribution in [0.25, 0.3) is 0 Å². The average Bonchev–Trinajstić information content (AvgIpc) is 1.56. The van der Waals surface area contributed by atoms with Gasteiger partial charge in [-0.1, -0.05) is 357 Å². The van der Waals surface area contributed by atoms with Crippen molar-refractivity contribution in [3.05, 3.63) is 0 Å². The molecule has 0 aliphatic heterocycles. The molecule has 0 bridgehead atoms. The Labute approximate surface area is 600 Å². The predicted octanol–water partition coefficient (Wildman–Crippen LogP) is 23.4. The van der Waals surface area contributed by atoms with Gasteiger partial charge in [0.25, 0.3) is 0 Å². The van der Waals surface area contributed by atoms with Gasteiger partial charge in [-0.2, -0.15) is 0 Å². The Bertz CT molecular complexity index is 1900. The molecular formula is C79H154O17P2. The number of hydrogen-bond donors (Lipinski definition) is 3. The van der Waals surface area contributed by atoms with E-state index in [-0.39, 0.29) is 25.7 Å². The Morgan fingerprint density at radius 3 is 0.694 bits per heavy atom.